The second kappa shape index (κ2) is 20.6. The maximum Gasteiger partial charge on any atom is 1.00 e. The van der Waals surface area contributed by atoms with Gasteiger partial charge in [0.05, 0.1) is 0 Å². The molecule has 0 radical (unpaired) electrons. The Balaban J connectivity index is 0. The van der Waals surface area contributed by atoms with Crippen molar-refractivity contribution in [2.45, 2.75) is 71.3 Å². The number of hydrogen-bond donors (Lipinski definition) is 2. The van der Waals surface area contributed by atoms with Crippen LogP contribution in [0, 0.1) is 0 Å². The molecular weight excluding hydrogens is 339 g/mol. The summed E-state index contributed by atoms with van der Waals surface area (Å²) >= 11 is 0. The molecule has 4 nitrogen and oxygen atoms in total. The number of nitrogens with zero attached hydrogens (tertiary/aromatic N) is 1. The van der Waals surface area contributed by atoms with E-state index in [2.05, 4.69) is 42.2 Å². The molecule has 0 heterocycles. The molecule has 0 saturated heterocycles. The molecule has 1 aromatic carbocycles. The number of unbranched alkanes of at least 4 members (excludes halogenated alkanes) is 4. The van der Waals surface area contributed by atoms with Gasteiger partial charge in [0.2, 0.25) is 5.91 Å². The van der Waals surface area contributed by atoms with Gasteiger partial charge in [-0.3, -0.25) is 4.79 Å². The first kappa shape index (κ1) is 27.5. The van der Waals surface area contributed by atoms with Crippen molar-refractivity contribution in [3.8, 4) is 0 Å². The number of aryl methyl sites for hydroxylation is 1. The summed E-state index contributed by atoms with van der Waals surface area (Å²) in [7, 11) is 0. The topological polar surface area (TPSA) is 77.4 Å². The van der Waals surface area contributed by atoms with E-state index < -0.39 is 0 Å². The molecule has 0 spiro atoms. The monoisotopic (exact) mass is 374 g/mol. The summed E-state index contributed by atoms with van der Waals surface area (Å²) in [6.45, 7) is 5.07. The van der Waals surface area contributed by atoms with Crippen molar-refractivity contribution in [3.63, 3.8) is 0 Å². The zero-order chi connectivity index (χ0) is 18.0. The molecular formula is C20H35KN2O2. The average molecular weight is 375 g/mol. The fourth-order valence-corrected chi connectivity index (χ4v) is 2.35. The fraction of sp³-hybridized carbons (Fsp3) is 0.650. The van der Waals surface area contributed by atoms with E-state index in [1.807, 2.05) is 6.07 Å². The van der Waals surface area contributed by atoms with Gasteiger partial charge in [-0.2, -0.15) is 0 Å². The summed E-state index contributed by atoms with van der Waals surface area (Å²) in [6.07, 6.45) is 9.10. The van der Waals surface area contributed by atoms with Crippen molar-refractivity contribution >= 4 is 5.91 Å². The normalized spacial score (nSPS) is 11.0. The van der Waals surface area contributed by atoms with Crippen molar-refractivity contribution in [1.82, 2.24) is 0 Å². The van der Waals surface area contributed by atoms with Crippen LogP contribution in [0.5, 0.6) is 0 Å². The minimum atomic E-state index is -0.333. The number of benzene rings is 1. The molecule has 0 aliphatic heterocycles. The Bertz CT molecular complexity index is 398. The van der Waals surface area contributed by atoms with Gasteiger partial charge in [-0.1, -0.05) is 69.4 Å². The van der Waals surface area contributed by atoms with Crippen LogP contribution in [-0.4, -0.2) is 30.2 Å². The van der Waals surface area contributed by atoms with Crippen molar-refractivity contribution < 1.29 is 61.3 Å². The van der Waals surface area contributed by atoms with Crippen LogP contribution in [-0.2, 0) is 11.2 Å². The molecule has 5 heteroatoms. The average Bonchev–Trinajstić information content (AvgIpc) is 2.54. The maximum absolute atomic E-state index is 9.87. The van der Waals surface area contributed by atoms with Crippen LogP contribution in [0.25, 0.3) is 5.32 Å². The van der Waals surface area contributed by atoms with Crippen molar-refractivity contribution in [1.29, 1.82) is 0 Å². The largest absolute Gasteiger partial charge is 1.00 e. The summed E-state index contributed by atoms with van der Waals surface area (Å²) in [6, 6.07) is 10.5. The number of aliphatic hydroxyl groups is 1. The van der Waals surface area contributed by atoms with Crippen LogP contribution in [0.4, 0.5) is 0 Å². The molecule has 0 bridgehead atoms. The van der Waals surface area contributed by atoms with E-state index in [-0.39, 0.29) is 63.4 Å². The van der Waals surface area contributed by atoms with E-state index in [1.165, 1.54) is 44.6 Å². The molecule has 1 atom stereocenters. The van der Waals surface area contributed by atoms with Gasteiger partial charge >= 0.3 is 51.4 Å². The zero-order valence-corrected chi connectivity index (χ0v) is 19.5. The number of aliphatic hydroxyl groups excluding tert-OH is 1. The van der Waals surface area contributed by atoms with Crippen molar-refractivity contribution in [2.24, 2.45) is 5.73 Å². The summed E-state index contributed by atoms with van der Waals surface area (Å²) in [5.41, 5.74) is 5.83. The first-order valence-electron chi connectivity index (χ1n) is 9.17. The third kappa shape index (κ3) is 22.2. The second-order valence-corrected chi connectivity index (χ2v) is 6.19. The molecule has 1 rings (SSSR count). The van der Waals surface area contributed by atoms with Crippen molar-refractivity contribution in [3.05, 3.63) is 41.2 Å². The minimum absolute atomic E-state index is 0. The van der Waals surface area contributed by atoms with Gasteiger partial charge in [-0.25, -0.2) is 0 Å². The molecule has 1 aromatic rings. The summed E-state index contributed by atoms with van der Waals surface area (Å²) in [5.74, 6) is -0.333. The molecule has 0 aliphatic rings. The Morgan fingerprint density at radius 1 is 1.12 bits per heavy atom. The molecule has 0 fully saturated rings. The molecule has 0 aliphatic carbocycles. The third-order valence-electron chi connectivity index (χ3n) is 3.61. The van der Waals surface area contributed by atoms with Crippen LogP contribution in [0.2, 0.25) is 0 Å². The van der Waals surface area contributed by atoms with Crippen LogP contribution < -0.4 is 57.1 Å². The Labute approximate surface area is 196 Å². The van der Waals surface area contributed by atoms with Gasteiger partial charge in [0.15, 0.2) is 0 Å². The van der Waals surface area contributed by atoms with E-state index in [9.17, 15) is 9.90 Å². The Kier molecular flexibility index (Phi) is 22.6. The van der Waals surface area contributed by atoms with Gasteiger partial charge in [-0.05, 0) is 24.8 Å². The van der Waals surface area contributed by atoms with Gasteiger partial charge in [0.25, 0.3) is 0 Å². The van der Waals surface area contributed by atoms with E-state index in [4.69, 9.17) is 0 Å². The zero-order valence-electron chi connectivity index (χ0n) is 16.4. The first-order valence-corrected chi connectivity index (χ1v) is 9.17. The van der Waals surface area contributed by atoms with Crippen LogP contribution in [0.15, 0.2) is 30.3 Å². The number of amides is 1. The Morgan fingerprint density at radius 2 is 1.72 bits per heavy atom. The van der Waals surface area contributed by atoms with Gasteiger partial charge < -0.3 is 16.2 Å². The molecule has 138 valence electrons. The van der Waals surface area contributed by atoms with Gasteiger partial charge in [0, 0.05) is 13.0 Å². The van der Waals surface area contributed by atoms with E-state index in [0.717, 1.165) is 25.8 Å². The SMILES string of the molecule is CC(N)=O.CCCCCCC[N-]CC(O)CCCc1ccccc1.[K+]. The Morgan fingerprint density at radius 3 is 2.32 bits per heavy atom. The Hall–Kier alpha value is 0.246. The second-order valence-electron chi connectivity index (χ2n) is 6.19. The maximum atomic E-state index is 9.87. The summed E-state index contributed by atoms with van der Waals surface area (Å²) < 4.78 is 0. The minimum Gasteiger partial charge on any atom is -0.660 e. The molecule has 1 amide bonds. The van der Waals surface area contributed by atoms with Crippen LogP contribution >= 0.6 is 0 Å². The number of primary amides is 1. The molecule has 25 heavy (non-hydrogen) atoms. The van der Waals surface area contributed by atoms with Gasteiger partial charge in [-0.15, -0.1) is 13.1 Å². The summed E-state index contributed by atoms with van der Waals surface area (Å²) in [4.78, 5) is 9.22. The van der Waals surface area contributed by atoms with E-state index >= 15 is 0 Å². The molecule has 0 aromatic heterocycles. The number of rotatable bonds is 12. The smallest absolute Gasteiger partial charge is 0.660 e. The first-order chi connectivity index (χ1) is 11.6. The predicted molar refractivity (Wildman–Crippen MR) is 102 cm³/mol. The molecule has 3 N–H and O–H groups in total. The number of carbonyl (C=O) groups excluding carboxylic acids is 1. The molecule has 0 saturated carbocycles. The van der Waals surface area contributed by atoms with Crippen LogP contribution in [0.1, 0.15) is 64.4 Å². The van der Waals surface area contributed by atoms with Crippen molar-refractivity contribution in [2.75, 3.05) is 13.1 Å². The number of carbonyl (C=O) groups is 1. The summed E-state index contributed by atoms with van der Waals surface area (Å²) in [5, 5.41) is 14.3. The number of nitrogens with two attached hydrogens (primary N) is 1. The number of hydrogen-bond acceptors (Lipinski definition) is 2. The predicted octanol–water partition coefficient (Wildman–Crippen LogP) is 1.21. The fourth-order valence-electron chi connectivity index (χ4n) is 2.35. The van der Waals surface area contributed by atoms with Crippen LogP contribution in [0.3, 0.4) is 0 Å². The quantitative estimate of drug-likeness (QED) is 0.426. The third-order valence-corrected chi connectivity index (χ3v) is 3.61. The van der Waals surface area contributed by atoms with Gasteiger partial charge in [0.1, 0.15) is 0 Å². The van der Waals surface area contributed by atoms with E-state index in [1.54, 1.807) is 0 Å². The standard InChI is InChI=1S/C18H30NO.C2H5NO.K/c1-2-3-4-5-9-15-19-16-18(20)14-10-13-17-11-7-6-8-12-17;1-2(3)4;/h6-8,11-12,18,20H,2-5,9-10,13-16H2,1H3;1H3,(H2,3,4);/q-1;;+1. The van der Waals surface area contributed by atoms with E-state index in [0.29, 0.717) is 6.54 Å². The molecule has 1 unspecified atom stereocenters.